The summed E-state index contributed by atoms with van der Waals surface area (Å²) in [5.41, 5.74) is 0.797. The Morgan fingerprint density at radius 3 is 2.38 bits per heavy atom. The lowest BCUT2D eigenvalue weighted by Crippen LogP contribution is -2.27. The summed E-state index contributed by atoms with van der Waals surface area (Å²) in [6, 6.07) is 11.6. The maximum absolute atomic E-state index is 12.3. The quantitative estimate of drug-likeness (QED) is 0.906. The van der Waals surface area contributed by atoms with E-state index in [0.29, 0.717) is 0 Å². The van der Waals surface area contributed by atoms with Gasteiger partial charge in [-0.2, -0.15) is 4.31 Å². The molecular weight excluding hydrogens is 292 g/mol. The summed E-state index contributed by atoms with van der Waals surface area (Å²) in [6.45, 7) is 0.214. The van der Waals surface area contributed by atoms with Crippen molar-refractivity contribution < 1.29 is 18.3 Å². The Kier molecular flexibility index (Phi) is 4.35. The number of nitrogens with zero attached hydrogens (tertiary/aromatic N) is 2. The third-order valence-corrected chi connectivity index (χ3v) is 4.63. The zero-order chi connectivity index (χ0) is 15.5. The van der Waals surface area contributed by atoms with Crippen molar-refractivity contribution in [2.75, 3.05) is 7.05 Å². The molecule has 0 bridgehead atoms. The summed E-state index contributed by atoms with van der Waals surface area (Å²) >= 11 is 0. The number of carboxylic acid groups (broad SMARTS) is 1. The SMILES string of the molecule is CN(Cc1ccccc1)S(=O)(=O)c1ccc(C(=O)O)cn1. The van der Waals surface area contributed by atoms with Gasteiger partial charge in [-0.05, 0) is 17.7 Å². The molecule has 0 fully saturated rings. The Hall–Kier alpha value is -2.25. The van der Waals surface area contributed by atoms with E-state index in [4.69, 9.17) is 5.11 Å². The van der Waals surface area contributed by atoms with Gasteiger partial charge in [-0.3, -0.25) is 0 Å². The minimum Gasteiger partial charge on any atom is -0.478 e. The monoisotopic (exact) mass is 306 g/mol. The fourth-order valence-corrected chi connectivity index (χ4v) is 2.81. The van der Waals surface area contributed by atoms with Crippen LogP contribution >= 0.6 is 0 Å². The zero-order valence-corrected chi connectivity index (χ0v) is 12.1. The lowest BCUT2D eigenvalue weighted by Gasteiger charge is -2.16. The molecule has 0 aliphatic heterocycles. The van der Waals surface area contributed by atoms with Gasteiger partial charge >= 0.3 is 5.97 Å². The first-order valence-corrected chi connectivity index (χ1v) is 7.55. The van der Waals surface area contributed by atoms with E-state index in [-0.39, 0.29) is 17.1 Å². The van der Waals surface area contributed by atoms with Crippen molar-refractivity contribution in [2.45, 2.75) is 11.6 Å². The lowest BCUT2D eigenvalue weighted by molar-refractivity contribution is 0.0696. The number of aromatic nitrogens is 1. The fraction of sp³-hybridized carbons (Fsp3) is 0.143. The van der Waals surface area contributed by atoms with Crippen molar-refractivity contribution in [3.63, 3.8) is 0 Å². The zero-order valence-electron chi connectivity index (χ0n) is 11.3. The standard InChI is InChI=1S/C14H14N2O4S/c1-16(10-11-5-3-2-4-6-11)21(19,20)13-8-7-12(9-15-13)14(17)18/h2-9H,10H2,1H3,(H,17,18). The Morgan fingerprint density at radius 2 is 1.86 bits per heavy atom. The number of sulfonamides is 1. The van der Waals surface area contributed by atoms with Gasteiger partial charge in [0.05, 0.1) is 5.56 Å². The molecule has 7 heteroatoms. The van der Waals surface area contributed by atoms with Crippen molar-refractivity contribution in [3.05, 3.63) is 59.8 Å². The van der Waals surface area contributed by atoms with Crippen LogP contribution < -0.4 is 0 Å². The van der Waals surface area contributed by atoms with Gasteiger partial charge < -0.3 is 5.11 Å². The minimum absolute atomic E-state index is 0.0559. The lowest BCUT2D eigenvalue weighted by atomic mass is 10.2. The summed E-state index contributed by atoms with van der Waals surface area (Å²) in [4.78, 5) is 14.5. The van der Waals surface area contributed by atoms with Gasteiger partial charge in [-0.15, -0.1) is 0 Å². The summed E-state index contributed by atoms with van der Waals surface area (Å²) in [5, 5.41) is 8.61. The molecule has 2 aromatic rings. The molecule has 0 saturated carbocycles. The third kappa shape index (κ3) is 3.45. The highest BCUT2D eigenvalue weighted by molar-refractivity contribution is 7.89. The van der Waals surface area contributed by atoms with Gasteiger partial charge in [-0.1, -0.05) is 30.3 Å². The average Bonchev–Trinajstić information content (AvgIpc) is 2.48. The average molecular weight is 306 g/mol. The molecule has 1 aromatic heterocycles. The first-order valence-electron chi connectivity index (χ1n) is 6.11. The van der Waals surface area contributed by atoms with E-state index in [2.05, 4.69) is 4.98 Å². The number of pyridine rings is 1. The van der Waals surface area contributed by atoms with E-state index in [1.165, 1.54) is 23.5 Å². The van der Waals surface area contributed by atoms with E-state index in [1.54, 1.807) is 0 Å². The highest BCUT2D eigenvalue weighted by atomic mass is 32.2. The maximum atomic E-state index is 12.3. The fourth-order valence-electron chi connectivity index (χ4n) is 1.74. The first kappa shape index (κ1) is 15.1. The second kappa shape index (κ2) is 6.02. The molecular formula is C14H14N2O4S. The molecule has 0 amide bonds. The Balaban J connectivity index is 2.22. The van der Waals surface area contributed by atoms with Crippen LogP contribution in [0.3, 0.4) is 0 Å². The normalized spacial score (nSPS) is 11.5. The number of rotatable bonds is 5. The van der Waals surface area contributed by atoms with Crippen molar-refractivity contribution in [2.24, 2.45) is 0 Å². The van der Waals surface area contributed by atoms with Crippen LogP contribution in [0.15, 0.2) is 53.7 Å². The van der Waals surface area contributed by atoms with E-state index < -0.39 is 16.0 Å². The van der Waals surface area contributed by atoms with Crippen LogP contribution in [-0.2, 0) is 16.6 Å². The topological polar surface area (TPSA) is 87.6 Å². The van der Waals surface area contributed by atoms with Crippen LogP contribution in [-0.4, -0.2) is 35.8 Å². The molecule has 1 N–H and O–H groups in total. The molecule has 0 radical (unpaired) electrons. The molecule has 0 atom stereocenters. The molecule has 0 aliphatic carbocycles. The van der Waals surface area contributed by atoms with Gasteiger partial charge in [0.15, 0.2) is 5.03 Å². The van der Waals surface area contributed by atoms with E-state index in [1.807, 2.05) is 30.3 Å². The molecule has 1 heterocycles. The summed E-state index contributed by atoms with van der Waals surface area (Å²) in [6.07, 6.45) is 1.03. The van der Waals surface area contributed by atoms with Crippen LogP contribution in [0.25, 0.3) is 0 Å². The summed E-state index contributed by atoms with van der Waals surface area (Å²) in [5.74, 6) is -1.15. The smallest absolute Gasteiger partial charge is 0.337 e. The predicted octanol–water partition coefficient (Wildman–Crippen LogP) is 1.60. The van der Waals surface area contributed by atoms with Crippen molar-refractivity contribution in [1.29, 1.82) is 0 Å². The molecule has 1 aromatic carbocycles. The largest absolute Gasteiger partial charge is 0.478 e. The minimum atomic E-state index is -3.75. The second-order valence-electron chi connectivity index (χ2n) is 4.44. The Bertz CT molecular complexity index is 727. The molecule has 0 aliphatic rings. The highest BCUT2D eigenvalue weighted by Crippen LogP contribution is 2.15. The van der Waals surface area contributed by atoms with Gasteiger partial charge in [0.2, 0.25) is 0 Å². The second-order valence-corrected chi connectivity index (χ2v) is 6.43. The van der Waals surface area contributed by atoms with Gasteiger partial charge in [0.1, 0.15) is 0 Å². The summed E-state index contributed by atoms with van der Waals surface area (Å²) < 4.78 is 25.8. The van der Waals surface area contributed by atoms with Crippen LogP contribution in [0.2, 0.25) is 0 Å². The van der Waals surface area contributed by atoms with Crippen molar-refractivity contribution in [1.82, 2.24) is 9.29 Å². The number of carbonyl (C=O) groups is 1. The van der Waals surface area contributed by atoms with E-state index in [9.17, 15) is 13.2 Å². The molecule has 0 saturated heterocycles. The maximum Gasteiger partial charge on any atom is 0.337 e. The number of aromatic carboxylic acids is 1. The van der Waals surface area contributed by atoms with Crippen molar-refractivity contribution in [3.8, 4) is 0 Å². The molecule has 6 nitrogen and oxygen atoms in total. The van der Waals surface area contributed by atoms with E-state index in [0.717, 1.165) is 11.8 Å². The first-order chi connectivity index (χ1) is 9.91. The van der Waals surface area contributed by atoms with Gasteiger partial charge in [-0.25, -0.2) is 18.2 Å². The number of hydrogen-bond donors (Lipinski definition) is 1. The number of carboxylic acids is 1. The highest BCUT2D eigenvalue weighted by Gasteiger charge is 2.22. The van der Waals surface area contributed by atoms with Crippen LogP contribution in [0, 0.1) is 0 Å². The van der Waals surface area contributed by atoms with Crippen LogP contribution in [0.1, 0.15) is 15.9 Å². The molecule has 0 spiro atoms. The molecule has 110 valence electrons. The Morgan fingerprint density at radius 1 is 1.19 bits per heavy atom. The number of benzene rings is 1. The Labute approximate surface area is 122 Å². The van der Waals surface area contributed by atoms with Gasteiger partial charge in [0.25, 0.3) is 10.0 Å². The van der Waals surface area contributed by atoms with Crippen LogP contribution in [0.4, 0.5) is 0 Å². The van der Waals surface area contributed by atoms with Crippen molar-refractivity contribution >= 4 is 16.0 Å². The summed E-state index contributed by atoms with van der Waals surface area (Å²) in [7, 11) is -2.30. The molecule has 21 heavy (non-hydrogen) atoms. The van der Waals surface area contributed by atoms with Crippen LogP contribution in [0.5, 0.6) is 0 Å². The van der Waals surface area contributed by atoms with Gasteiger partial charge in [0, 0.05) is 19.8 Å². The molecule has 0 unspecified atom stereocenters. The predicted molar refractivity (Wildman–Crippen MR) is 76.3 cm³/mol. The third-order valence-electron chi connectivity index (χ3n) is 2.91. The number of hydrogen-bond acceptors (Lipinski definition) is 4. The molecule has 2 rings (SSSR count). The van der Waals surface area contributed by atoms with E-state index >= 15 is 0 Å².